The first kappa shape index (κ1) is 14.8. The monoisotopic (exact) mass is 302 g/mol. The fraction of sp³-hybridized carbons (Fsp3) is 0.0714. The summed E-state index contributed by atoms with van der Waals surface area (Å²) in [6.07, 6.45) is 0.357. The van der Waals surface area contributed by atoms with Crippen LogP contribution in [0.15, 0.2) is 47.4 Å². The highest BCUT2D eigenvalue weighted by Crippen LogP contribution is 2.24. The van der Waals surface area contributed by atoms with Crippen LogP contribution in [-0.2, 0) is 16.4 Å². The van der Waals surface area contributed by atoms with Gasteiger partial charge < -0.3 is 11.1 Å². The van der Waals surface area contributed by atoms with Crippen molar-refractivity contribution in [1.82, 2.24) is 0 Å². The molecule has 6 nitrogen and oxygen atoms in total. The van der Waals surface area contributed by atoms with Crippen molar-refractivity contribution in [1.29, 1.82) is 5.26 Å². The van der Waals surface area contributed by atoms with Gasteiger partial charge in [-0.1, -0.05) is 12.1 Å². The third kappa shape index (κ3) is 3.72. The first-order chi connectivity index (χ1) is 9.90. The van der Waals surface area contributed by atoms with E-state index in [0.29, 0.717) is 12.1 Å². The molecule has 0 saturated heterocycles. The topological polar surface area (TPSA) is 122 Å². The quantitative estimate of drug-likeness (QED) is 0.742. The van der Waals surface area contributed by atoms with Crippen LogP contribution in [0.2, 0.25) is 0 Å². The number of nitriles is 1. The molecule has 0 amide bonds. The molecule has 0 bridgehead atoms. The number of anilines is 3. The smallest absolute Gasteiger partial charge is 0.240 e. The molecule has 0 heterocycles. The van der Waals surface area contributed by atoms with E-state index in [1.54, 1.807) is 6.07 Å². The number of hydrogen-bond acceptors (Lipinski definition) is 5. The van der Waals surface area contributed by atoms with E-state index in [1.165, 1.54) is 12.1 Å². The Balaban J connectivity index is 2.21. The fourth-order valence-corrected chi connectivity index (χ4v) is 2.49. The molecule has 7 heteroatoms. The van der Waals surface area contributed by atoms with E-state index in [1.807, 2.05) is 24.3 Å². The van der Waals surface area contributed by atoms with Gasteiger partial charge in [0.1, 0.15) is 4.90 Å². The second kappa shape index (κ2) is 5.83. The minimum Gasteiger partial charge on any atom is -0.398 e. The van der Waals surface area contributed by atoms with E-state index >= 15 is 0 Å². The number of nitrogens with two attached hydrogens (primary N) is 2. The molecule has 5 N–H and O–H groups in total. The molecule has 0 aromatic heterocycles. The van der Waals surface area contributed by atoms with Gasteiger partial charge in [0, 0.05) is 11.4 Å². The normalized spacial score (nSPS) is 10.9. The van der Waals surface area contributed by atoms with Crippen LogP contribution in [0.4, 0.5) is 17.1 Å². The zero-order valence-electron chi connectivity index (χ0n) is 11.1. The first-order valence-corrected chi connectivity index (χ1v) is 7.60. The van der Waals surface area contributed by atoms with Crippen molar-refractivity contribution in [2.75, 3.05) is 11.1 Å². The van der Waals surface area contributed by atoms with Crippen LogP contribution in [0.3, 0.4) is 0 Å². The van der Waals surface area contributed by atoms with Crippen molar-refractivity contribution in [3.63, 3.8) is 0 Å². The summed E-state index contributed by atoms with van der Waals surface area (Å²) in [7, 11) is -3.82. The molecule has 0 aliphatic heterocycles. The van der Waals surface area contributed by atoms with Gasteiger partial charge in [-0.05, 0) is 35.9 Å². The molecule has 0 aliphatic carbocycles. The maximum absolute atomic E-state index is 11.3. The minimum absolute atomic E-state index is 0.0867. The molecule has 0 aliphatic rings. The van der Waals surface area contributed by atoms with Crippen molar-refractivity contribution in [3.05, 3.63) is 48.0 Å². The Morgan fingerprint density at radius 1 is 1.10 bits per heavy atom. The molecular formula is C14H14N4O2S. The Kier molecular flexibility index (Phi) is 4.12. The largest absolute Gasteiger partial charge is 0.398 e. The second-order valence-electron chi connectivity index (χ2n) is 4.45. The van der Waals surface area contributed by atoms with Crippen molar-refractivity contribution in [3.8, 4) is 6.07 Å². The summed E-state index contributed by atoms with van der Waals surface area (Å²) in [5.74, 6) is 0. The lowest BCUT2D eigenvalue weighted by Crippen LogP contribution is -2.14. The van der Waals surface area contributed by atoms with Crippen molar-refractivity contribution in [2.24, 2.45) is 5.14 Å². The molecular weight excluding hydrogens is 288 g/mol. The molecule has 2 rings (SSSR count). The van der Waals surface area contributed by atoms with Crippen LogP contribution in [0.5, 0.6) is 0 Å². The Morgan fingerprint density at radius 3 is 2.24 bits per heavy atom. The molecule has 21 heavy (non-hydrogen) atoms. The van der Waals surface area contributed by atoms with Gasteiger partial charge in [0.25, 0.3) is 0 Å². The molecule has 0 unspecified atom stereocenters. The van der Waals surface area contributed by atoms with Gasteiger partial charge in [0.05, 0.1) is 18.2 Å². The van der Waals surface area contributed by atoms with Crippen molar-refractivity contribution < 1.29 is 8.42 Å². The third-order valence-electron chi connectivity index (χ3n) is 2.84. The highest BCUT2D eigenvalue weighted by atomic mass is 32.2. The fourth-order valence-electron chi connectivity index (χ4n) is 1.85. The summed E-state index contributed by atoms with van der Waals surface area (Å²) < 4.78 is 22.5. The van der Waals surface area contributed by atoms with E-state index < -0.39 is 10.0 Å². The van der Waals surface area contributed by atoms with Crippen molar-refractivity contribution >= 4 is 27.1 Å². The average Bonchev–Trinajstić information content (AvgIpc) is 2.40. The van der Waals surface area contributed by atoms with Gasteiger partial charge in [-0.25, -0.2) is 13.6 Å². The first-order valence-electron chi connectivity index (χ1n) is 6.05. The van der Waals surface area contributed by atoms with Crippen LogP contribution in [0.25, 0.3) is 0 Å². The summed E-state index contributed by atoms with van der Waals surface area (Å²) >= 11 is 0. The number of nitrogen functional groups attached to an aromatic ring is 1. The molecule has 0 spiro atoms. The van der Waals surface area contributed by atoms with Crippen LogP contribution >= 0.6 is 0 Å². The zero-order valence-corrected chi connectivity index (χ0v) is 11.9. The number of sulfonamides is 1. The standard InChI is InChI=1S/C14H14N4O2S/c15-8-7-10-1-3-11(4-2-10)18-12-5-6-14(13(16)9-12)21(17,19)20/h1-6,9,18H,7,16H2,(H2,17,19,20). The maximum Gasteiger partial charge on any atom is 0.240 e. The van der Waals surface area contributed by atoms with E-state index in [2.05, 4.69) is 11.4 Å². The van der Waals surface area contributed by atoms with E-state index in [4.69, 9.17) is 16.1 Å². The molecule has 0 fully saturated rings. The molecule has 0 atom stereocenters. The lowest BCUT2D eigenvalue weighted by Gasteiger charge is -2.09. The molecule has 0 radical (unpaired) electrons. The zero-order chi connectivity index (χ0) is 15.5. The molecule has 108 valence electrons. The predicted octanol–water partition coefficient (Wildman–Crippen LogP) is 1.73. The Bertz CT molecular complexity index is 793. The number of primary sulfonamides is 1. The van der Waals surface area contributed by atoms with E-state index in [0.717, 1.165) is 11.3 Å². The predicted molar refractivity (Wildman–Crippen MR) is 81.3 cm³/mol. The van der Waals surface area contributed by atoms with E-state index in [9.17, 15) is 8.42 Å². The second-order valence-corrected chi connectivity index (χ2v) is 5.98. The molecule has 2 aromatic carbocycles. The van der Waals surface area contributed by atoms with Gasteiger partial charge in [0.15, 0.2) is 0 Å². The number of nitrogens with zero attached hydrogens (tertiary/aromatic N) is 1. The molecule has 2 aromatic rings. The van der Waals surface area contributed by atoms with Crippen LogP contribution in [0.1, 0.15) is 5.56 Å². The van der Waals surface area contributed by atoms with Crippen molar-refractivity contribution in [2.45, 2.75) is 11.3 Å². The summed E-state index contributed by atoms with van der Waals surface area (Å²) in [4.78, 5) is -0.0996. The third-order valence-corrected chi connectivity index (χ3v) is 3.83. The number of rotatable bonds is 4. The lowest BCUT2D eigenvalue weighted by molar-refractivity contribution is 0.598. The number of nitrogens with one attached hydrogen (secondary N) is 1. The summed E-state index contributed by atoms with van der Waals surface area (Å²) in [6.45, 7) is 0. The van der Waals surface area contributed by atoms with Gasteiger partial charge in [-0.15, -0.1) is 0 Å². The van der Waals surface area contributed by atoms with Gasteiger partial charge in [-0.3, -0.25) is 0 Å². The lowest BCUT2D eigenvalue weighted by atomic mass is 10.1. The highest BCUT2D eigenvalue weighted by molar-refractivity contribution is 7.89. The van der Waals surface area contributed by atoms with Crippen LogP contribution in [0, 0.1) is 11.3 Å². The van der Waals surface area contributed by atoms with Gasteiger partial charge in [0.2, 0.25) is 10.0 Å². The SMILES string of the molecule is N#CCc1ccc(Nc2ccc(S(N)(=O)=O)c(N)c2)cc1. The summed E-state index contributed by atoms with van der Waals surface area (Å²) in [6, 6.07) is 13.9. The summed E-state index contributed by atoms with van der Waals surface area (Å²) in [5.41, 5.74) is 8.15. The van der Waals surface area contributed by atoms with E-state index in [-0.39, 0.29) is 10.6 Å². The summed E-state index contributed by atoms with van der Waals surface area (Å²) in [5, 5.41) is 16.8. The van der Waals surface area contributed by atoms with Gasteiger partial charge >= 0.3 is 0 Å². The highest BCUT2D eigenvalue weighted by Gasteiger charge is 2.12. The Labute approximate surface area is 123 Å². The average molecular weight is 302 g/mol. The Morgan fingerprint density at radius 2 is 1.71 bits per heavy atom. The Hall–Kier alpha value is -2.56. The van der Waals surface area contributed by atoms with Gasteiger partial charge in [-0.2, -0.15) is 5.26 Å². The van der Waals surface area contributed by atoms with Crippen LogP contribution < -0.4 is 16.2 Å². The maximum atomic E-state index is 11.3. The van der Waals surface area contributed by atoms with Crippen LogP contribution in [-0.4, -0.2) is 8.42 Å². The molecule has 0 saturated carbocycles. The minimum atomic E-state index is -3.82. The number of benzene rings is 2. The number of hydrogen-bond donors (Lipinski definition) is 3.